The summed E-state index contributed by atoms with van der Waals surface area (Å²) in [6.07, 6.45) is 0.701. The van der Waals surface area contributed by atoms with E-state index >= 15 is 0 Å². The summed E-state index contributed by atoms with van der Waals surface area (Å²) >= 11 is 2.85. The number of fused-ring (bicyclic) bond motifs is 1. The molecule has 0 saturated heterocycles. The maximum atomic E-state index is 12.8. The average Bonchev–Trinajstić information content (AvgIpc) is 3.41. The molecule has 0 aliphatic carbocycles. The molecule has 8 heteroatoms. The molecule has 0 radical (unpaired) electrons. The first-order valence-electron chi connectivity index (χ1n) is 8.03. The Kier molecular flexibility index (Phi) is 4.62. The second kappa shape index (κ2) is 6.79. The number of thiophene rings is 2. The van der Waals surface area contributed by atoms with Crippen LogP contribution in [0.5, 0.6) is 5.75 Å². The van der Waals surface area contributed by atoms with Crippen LogP contribution in [0.25, 0.3) is 0 Å². The zero-order valence-electron chi connectivity index (χ0n) is 13.7. The fourth-order valence-electron chi connectivity index (χ4n) is 2.96. The Balaban J connectivity index is 1.61. The van der Waals surface area contributed by atoms with Crippen LogP contribution < -0.4 is 9.46 Å². The SMILES string of the molecule is O=S(=O)(NCC(O)(c1ccsc1)c1cccs1)c1ccc2c(c1)CCO2. The summed E-state index contributed by atoms with van der Waals surface area (Å²) < 4.78 is 33.5. The Labute approximate surface area is 159 Å². The van der Waals surface area contributed by atoms with Crippen LogP contribution in [0.4, 0.5) is 0 Å². The molecule has 2 N–H and O–H groups in total. The van der Waals surface area contributed by atoms with Crippen LogP contribution in [-0.2, 0) is 22.0 Å². The van der Waals surface area contributed by atoms with Gasteiger partial charge in [0, 0.05) is 23.4 Å². The van der Waals surface area contributed by atoms with Crippen LogP contribution in [0.1, 0.15) is 16.0 Å². The number of hydrogen-bond donors (Lipinski definition) is 2. The number of aliphatic hydroxyl groups is 1. The van der Waals surface area contributed by atoms with E-state index in [0.717, 1.165) is 11.3 Å². The second-order valence-corrected chi connectivity index (χ2v) is 9.54. The van der Waals surface area contributed by atoms with Gasteiger partial charge in [0.2, 0.25) is 10.0 Å². The van der Waals surface area contributed by atoms with E-state index in [9.17, 15) is 13.5 Å². The van der Waals surface area contributed by atoms with Crippen LogP contribution in [0.15, 0.2) is 57.4 Å². The van der Waals surface area contributed by atoms with Gasteiger partial charge in [-0.2, -0.15) is 11.3 Å². The van der Waals surface area contributed by atoms with Crippen LogP contribution in [0.2, 0.25) is 0 Å². The Morgan fingerprint density at radius 2 is 2.12 bits per heavy atom. The lowest BCUT2D eigenvalue weighted by Gasteiger charge is -2.27. The first-order chi connectivity index (χ1) is 12.5. The lowest BCUT2D eigenvalue weighted by Crippen LogP contribution is -2.40. The fourth-order valence-corrected chi connectivity index (χ4v) is 5.64. The summed E-state index contributed by atoms with van der Waals surface area (Å²) in [7, 11) is -3.75. The van der Waals surface area contributed by atoms with Crippen LogP contribution >= 0.6 is 22.7 Å². The lowest BCUT2D eigenvalue weighted by molar-refractivity contribution is 0.0903. The molecular formula is C18H17NO4S3. The van der Waals surface area contributed by atoms with Crippen molar-refractivity contribution in [2.24, 2.45) is 0 Å². The molecule has 136 valence electrons. The first kappa shape index (κ1) is 17.7. The normalized spacial score (nSPS) is 16.0. The molecule has 0 bridgehead atoms. The number of hydrogen-bond acceptors (Lipinski definition) is 6. The second-order valence-electron chi connectivity index (χ2n) is 6.04. The molecule has 5 nitrogen and oxygen atoms in total. The van der Waals surface area contributed by atoms with E-state index < -0.39 is 15.6 Å². The average molecular weight is 408 g/mol. The van der Waals surface area contributed by atoms with E-state index in [1.807, 2.05) is 34.3 Å². The maximum Gasteiger partial charge on any atom is 0.240 e. The highest BCUT2D eigenvalue weighted by molar-refractivity contribution is 7.89. The van der Waals surface area contributed by atoms with Crippen LogP contribution in [-0.4, -0.2) is 26.7 Å². The van der Waals surface area contributed by atoms with Crippen molar-refractivity contribution in [1.29, 1.82) is 0 Å². The summed E-state index contributed by atoms with van der Waals surface area (Å²) in [6.45, 7) is 0.433. The number of ether oxygens (including phenoxy) is 1. The van der Waals surface area contributed by atoms with Crippen molar-refractivity contribution in [2.75, 3.05) is 13.2 Å². The molecule has 3 heterocycles. The summed E-state index contributed by atoms with van der Waals surface area (Å²) in [5, 5.41) is 16.8. The molecule has 26 heavy (non-hydrogen) atoms. The van der Waals surface area contributed by atoms with Gasteiger partial charge in [0.25, 0.3) is 0 Å². The van der Waals surface area contributed by atoms with E-state index in [1.54, 1.807) is 12.1 Å². The zero-order chi connectivity index (χ0) is 18.2. The molecule has 0 amide bonds. The summed E-state index contributed by atoms with van der Waals surface area (Å²) in [5.41, 5.74) is 0.162. The van der Waals surface area contributed by atoms with Gasteiger partial charge in [-0.25, -0.2) is 13.1 Å². The van der Waals surface area contributed by atoms with Crippen molar-refractivity contribution in [3.8, 4) is 5.75 Å². The van der Waals surface area contributed by atoms with Gasteiger partial charge < -0.3 is 9.84 Å². The minimum atomic E-state index is -3.75. The molecule has 2 aromatic heterocycles. The molecule has 1 unspecified atom stereocenters. The topological polar surface area (TPSA) is 75.6 Å². The third-order valence-corrected chi connectivity index (χ3v) is 7.52. The zero-order valence-corrected chi connectivity index (χ0v) is 16.2. The molecule has 0 fully saturated rings. The Hall–Kier alpha value is -1.71. The molecule has 0 saturated carbocycles. The van der Waals surface area contributed by atoms with Gasteiger partial charge in [-0.05, 0) is 52.0 Å². The van der Waals surface area contributed by atoms with Crippen LogP contribution in [0, 0.1) is 0 Å². The minimum absolute atomic E-state index is 0.139. The minimum Gasteiger partial charge on any atom is -0.493 e. The lowest BCUT2D eigenvalue weighted by atomic mass is 9.95. The van der Waals surface area contributed by atoms with Gasteiger partial charge in [0.15, 0.2) is 0 Å². The number of benzene rings is 1. The first-order valence-corrected chi connectivity index (χ1v) is 11.3. The molecule has 0 spiro atoms. The smallest absolute Gasteiger partial charge is 0.240 e. The third kappa shape index (κ3) is 3.19. The quantitative estimate of drug-likeness (QED) is 0.659. The number of nitrogens with one attached hydrogen (secondary N) is 1. The monoisotopic (exact) mass is 407 g/mol. The van der Waals surface area contributed by atoms with Crippen molar-refractivity contribution < 1.29 is 18.3 Å². The van der Waals surface area contributed by atoms with Gasteiger partial charge in [-0.15, -0.1) is 11.3 Å². The molecular weight excluding hydrogens is 390 g/mol. The molecule has 4 rings (SSSR count). The standard InChI is InChI=1S/C18H17NO4S3/c20-18(14-6-9-24-11-14,17-2-1-8-25-17)12-19-26(21,22)15-3-4-16-13(10-15)5-7-23-16/h1-4,6,8-11,19-20H,5,7,12H2. The van der Waals surface area contributed by atoms with E-state index in [2.05, 4.69) is 4.72 Å². The Bertz CT molecular complexity index is 961. The van der Waals surface area contributed by atoms with Crippen molar-refractivity contribution in [3.63, 3.8) is 0 Å². The van der Waals surface area contributed by atoms with Gasteiger partial charge in [0.1, 0.15) is 11.4 Å². The maximum absolute atomic E-state index is 12.8. The van der Waals surface area contributed by atoms with Gasteiger partial charge in [-0.1, -0.05) is 6.07 Å². The number of rotatable bonds is 6. The summed E-state index contributed by atoms with van der Waals surface area (Å²) in [5.74, 6) is 0.734. The predicted molar refractivity (Wildman–Crippen MR) is 102 cm³/mol. The van der Waals surface area contributed by atoms with Gasteiger partial charge in [0.05, 0.1) is 11.5 Å². The molecule has 1 aliphatic rings. The largest absolute Gasteiger partial charge is 0.493 e. The summed E-state index contributed by atoms with van der Waals surface area (Å²) in [6, 6.07) is 10.3. The molecule has 3 aromatic rings. The van der Waals surface area contributed by atoms with Gasteiger partial charge >= 0.3 is 0 Å². The molecule has 1 aliphatic heterocycles. The van der Waals surface area contributed by atoms with E-state index in [1.165, 1.54) is 28.7 Å². The highest BCUT2D eigenvalue weighted by Crippen LogP contribution is 2.34. The van der Waals surface area contributed by atoms with E-state index in [0.29, 0.717) is 23.5 Å². The highest BCUT2D eigenvalue weighted by Gasteiger charge is 2.35. The predicted octanol–water partition coefficient (Wildman–Crippen LogP) is 2.96. The van der Waals surface area contributed by atoms with Crippen LogP contribution in [0.3, 0.4) is 0 Å². The fraction of sp³-hybridized carbons (Fsp3) is 0.222. The third-order valence-electron chi connectivity index (χ3n) is 4.42. The highest BCUT2D eigenvalue weighted by atomic mass is 32.2. The van der Waals surface area contributed by atoms with E-state index in [-0.39, 0.29) is 11.4 Å². The molecule has 1 aromatic carbocycles. The molecule has 1 atom stereocenters. The van der Waals surface area contributed by atoms with Crippen molar-refractivity contribution in [1.82, 2.24) is 4.72 Å². The van der Waals surface area contributed by atoms with Gasteiger partial charge in [-0.3, -0.25) is 0 Å². The Morgan fingerprint density at radius 1 is 1.23 bits per heavy atom. The van der Waals surface area contributed by atoms with Crippen molar-refractivity contribution in [2.45, 2.75) is 16.9 Å². The Morgan fingerprint density at radius 3 is 2.85 bits per heavy atom. The number of sulfonamides is 1. The summed E-state index contributed by atoms with van der Waals surface area (Å²) in [4.78, 5) is 0.876. The van der Waals surface area contributed by atoms with Crippen molar-refractivity contribution >= 4 is 32.7 Å². The van der Waals surface area contributed by atoms with Crippen molar-refractivity contribution in [3.05, 3.63) is 68.5 Å². The van der Waals surface area contributed by atoms with E-state index in [4.69, 9.17) is 4.74 Å².